The summed E-state index contributed by atoms with van der Waals surface area (Å²) in [5, 5.41) is 29.1. The van der Waals surface area contributed by atoms with Gasteiger partial charge in [-0.05, 0) is 30.3 Å². The number of hydrogen-bond donors (Lipinski definition) is 4. The van der Waals surface area contributed by atoms with Crippen molar-refractivity contribution in [1.29, 1.82) is 0 Å². The van der Waals surface area contributed by atoms with Crippen LogP contribution in [0.2, 0.25) is 0 Å². The quantitative estimate of drug-likeness (QED) is 0.542. The Morgan fingerprint density at radius 3 is 2.15 bits per heavy atom. The van der Waals surface area contributed by atoms with E-state index in [0.29, 0.717) is 6.08 Å². The molecule has 9 heteroatoms. The van der Waals surface area contributed by atoms with E-state index in [2.05, 4.69) is 5.32 Å². The van der Waals surface area contributed by atoms with Gasteiger partial charge in [-0.3, -0.25) is 4.79 Å². The smallest absolute Gasteiger partial charge is 0.336 e. The largest absolute Gasteiger partial charge is 0.478 e. The number of carboxylic acids is 3. The van der Waals surface area contributed by atoms with Gasteiger partial charge in [-0.25, -0.2) is 14.4 Å². The van der Waals surface area contributed by atoms with Crippen LogP contribution in [0.1, 0.15) is 20.7 Å². The maximum Gasteiger partial charge on any atom is 0.336 e. The molecule has 2 rings (SSSR count). The second-order valence-corrected chi connectivity index (χ2v) is 5.08. The zero-order valence-electron chi connectivity index (χ0n) is 13.6. The minimum absolute atomic E-state index is 0.0418. The molecule has 0 saturated heterocycles. The Balaban J connectivity index is 2.29. The standard InChI is InChI=1S/C18H13NO8/c20-15(7-8-16(21)22)19-13-3-1-2-4-14(13)27-10-5-6-11(17(23)24)12(9-10)18(25)26/h1-9H,(H,19,20)(H,21,22)(H,23,24)(H,25,26). The van der Waals surface area contributed by atoms with Crippen molar-refractivity contribution in [3.63, 3.8) is 0 Å². The van der Waals surface area contributed by atoms with Gasteiger partial charge in [-0.2, -0.15) is 0 Å². The summed E-state index contributed by atoms with van der Waals surface area (Å²) < 4.78 is 5.55. The van der Waals surface area contributed by atoms with Gasteiger partial charge in [-0.15, -0.1) is 0 Å². The first-order valence-electron chi connectivity index (χ1n) is 7.37. The summed E-state index contributed by atoms with van der Waals surface area (Å²) in [7, 11) is 0. The van der Waals surface area contributed by atoms with Gasteiger partial charge in [0.25, 0.3) is 0 Å². The summed E-state index contributed by atoms with van der Waals surface area (Å²) in [6.45, 7) is 0. The molecule has 0 spiro atoms. The highest BCUT2D eigenvalue weighted by atomic mass is 16.5. The molecule has 1 amide bonds. The van der Waals surface area contributed by atoms with E-state index in [9.17, 15) is 19.2 Å². The Labute approximate surface area is 152 Å². The second-order valence-electron chi connectivity index (χ2n) is 5.08. The van der Waals surface area contributed by atoms with E-state index < -0.39 is 34.9 Å². The summed E-state index contributed by atoms with van der Waals surface area (Å²) >= 11 is 0. The minimum Gasteiger partial charge on any atom is -0.478 e. The molecule has 2 aromatic rings. The van der Waals surface area contributed by atoms with Crippen molar-refractivity contribution < 1.29 is 39.2 Å². The average Bonchev–Trinajstić information content (AvgIpc) is 2.61. The van der Waals surface area contributed by atoms with E-state index in [0.717, 1.165) is 18.2 Å². The van der Waals surface area contributed by atoms with E-state index in [4.69, 9.17) is 20.1 Å². The number of anilines is 1. The van der Waals surface area contributed by atoms with Gasteiger partial charge in [0, 0.05) is 12.2 Å². The molecule has 0 aliphatic rings. The van der Waals surface area contributed by atoms with Gasteiger partial charge in [0.2, 0.25) is 5.91 Å². The maximum atomic E-state index is 11.7. The number of carbonyl (C=O) groups is 4. The summed E-state index contributed by atoms with van der Waals surface area (Å²) in [5.74, 6) is -4.63. The zero-order valence-corrected chi connectivity index (χ0v) is 13.6. The summed E-state index contributed by atoms with van der Waals surface area (Å²) in [6.07, 6.45) is 1.49. The molecule has 0 aliphatic heterocycles. The molecule has 0 atom stereocenters. The Bertz CT molecular complexity index is 948. The Kier molecular flexibility index (Phi) is 5.90. The van der Waals surface area contributed by atoms with Crippen molar-refractivity contribution in [2.24, 2.45) is 0 Å². The van der Waals surface area contributed by atoms with Crippen molar-refractivity contribution in [1.82, 2.24) is 0 Å². The third-order valence-electron chi connectivity index (χ3n) is 3.20. The summed E-state index contributed by atoms with van der Waals surface area (Å²) in [5.41, 5.74) is -0.641. The molecule has 0 aliphatic carbocycles. The molecule has 0 unspecified atom stereocenters. The second kappa shape index (κ2) is 8.30. The average molecular weight is 371 g/mol. The van der Waals surface area contributed by atoms with Crippen LogP contribution in [-0.4, -0.2) is 39.1 Å². The Hall–Kier alpha value is -4.14. The Morgan fingerprint density at radius 1 is 0.852 bits per heavy atom. The van der Waals surface area contributed by atoms with Crippen LogP contribution in [-0.2, 0) is 9.59 Å². The number of aromatic carboxylic acids is 2. The number of ether oxygens (including phenoxy) is 1. The van der Waals surface area contributed by atoms with Crippen LogP contribution in [0, 0.1) is 0 Å². The van der Waals surface area contributed by atoms with Crippen LogP contribution in [0.3, 0.4) is 0 Å². The minimum atomic E-state index is -1.43. The topological polar surface area (TPSA) is 150 Å². The molecule has 2 aromatic carbocycles. The van der Waals surface area contributed by atoms with Crippen LogP contribution < -0.4 is 10.1 Å². The van der Waals surface area contributed by atoms with Gasteiger partial charge < -0.3 is 25.4 Å². The van der Waals surface area contributed by atoms with Gasteiger partial charge in [0.15, 0.2) is 5.75 Å². The van der Waals surface area contributed by atoms with Crippen LogP contribution in [0.15, 0.2) is 54.6 Å². The molecule has 138 valence electrons. The van der Waals surface area contributed by atoms with Crippen LogP contribution >= 0.6 is 0 Å². The number of carbonyl (C=O) groups excluding carboxylic acids is 1. The van der Waals surface area contributed by atoms with Crippen LogP contribution in [0.4, 0.5) is 5.69 Å². The Morgan fingerprint density at radius 2 is 1.52 bits per heavy atom. The fourth-order valence-corrected chi connectivity index (χ4v) is 2.06. The molecule has 0 radical (unpaired) electrons. The number of hydrogen-bond acceptors (Lipinski definition) is 5. The number of amides is 1. The number of nitrogens with one attached hydrogen (secondary N) is 1. The molecule has 27 heavy (non-hydrogen) atoms. The molecule has 4 N–H and O–H groups in total. The lowest BCUT2D eigenvalue weighted by atomic mass is 10.1. The third kappa shape index (κ3) is 5.16. The lowest BCUT2D eigenvalue weighted by Gasteiger charge is -2.12. The van der Waals surface area contributed by atoms with Crippen molar-refractivity contribution >= 4 is 29.5 Å². The van der Waals surface area contributed by atoms with E-state index in [-0.39, 0.29) is 17.2 Å². The fraction of sp³-hybridized carbons (Fsp3) is 0. The monoisotopic (exact) mass is 371 g/mol. The van der Waals surface area contributed by atoms with Gasteiger partial charge in [0.1, 0.15) is 5.75 Å². The molecule has 0 aromatic heterocycles. The summed E-state index contributed by atoms with van der Waals surface area (Å²) in [6, 6.07) is 9.60. The van der Waals surface area contributed by atoms with Gasteiger partial charge in [0.05, 0.1) is 16.8 Å². The fourth-order valence-electron chi connectivity index (χ4n) is 2.06. The number of para-hydroxylation sites is 2. The highest BCUT2D eigenvalue weighted by Gasteiger charge is 2.17. The SMILES string of the molecule is O=C(O)C=CC(=O)Nc1ccccc1Oc1ccc(C(=O)O)c(C(=O)O)c1. The van der Waals surface area contributed by atoms with Crippen molar-refractivity contribution in [3.05, 3.63) is 65.7 Å². The van der Waals surface area contributed by atoms with Gasteiger partial charge >= 0.3 is 17.9 Å². The van der Waals surface area contributed by atoms with Gasteiger partial charge in [-0.1, -0.05) is 12.1 Å². The first-order chi connectivity index (χ1) is 12.8. The van der Waals surface area contributed by atoms with Crippen molar-refractivity contribution in [2.45, 2.75) is 0 Å². The lowest BCUT2D eigenvalue weighted by molar-refractivity contribution is -0.131. The first kappa shape index (κ1) is 19.2. The van der Waals surface area contributed by atoms with E-state index in [1.807, 2.05) is 0 Å². The molecular weight excluding hydrogens is 358 g/mol. The molecule has 9 nitrogen and oxygen atoms in total. The molecular formula is C18H13NO8. The highest BCUT2D eigenvalue weighted by Crippen LogP contribution is 2.30. The lowest BCUT2D eigenvalue weighted by Crippen LogP contribution is -2.10. The van der Waals surface area contributed by atoms with E-state index in [1.165, 1.54) is 18.2 Å². The van der Waals surface area contributed by atoms with E-state index in [1.54, 1.807) is 12.1 Å². The normalized spacial score (nSPS) is 10.4. The number of aliphatic carboxylic acids is 1. The molecule has 0 heterocycles. The predicted molar refractivity (Wildman–Crippen MR) is 92.3 cm³/mol. The predicted octanol–water partition coefficient (Wildman–Crippen LogP) is 2.45. The van der Waals surface area contributed by atoms with Crippen LogP contribution in [0.5, 0.6) is 11.5 Å². The van der Waals surface area contributed by atoms with Crippen molar-refractivity contribution in [2.75, 3.05) is 5.32 Å². The molecule has 0 fully saturated rings. The van der Waals surface area contributed by atoms with E-state index >= 15 is 0 Å². The molecule has 0 saturated carbocycles. The highest BCUT2D eigenvalue weighted by molar-refractivity contribution is 6.03. The molecule has 0 bridgehead atoms. The number of carboxylic acid groups (broad SMARTS) is 3. The number of rotatable bonds is 7. The summed E-state index contributed by atoms with van der Waals surface area (Å²) in [4.78, 5) is 44.5. The third-order valence-corrected chi connectivity index (χ3v) is 3.20. The van der Waals surface area contributed by atoms with Crippen molar-refractivity contribution in [3.8, 4) is 11.5 Å². The zero-order chi connectivity index (χ0) is 20.0. The first-order valence-corrected chi connectivity index (χ1v) is 7.37. The number of benzene rings is 2. The maximum absolute atomic E-state index is 11.7. The van der Waals surface area contributed by atoms with Crippen LogP contribution in [0.25, 0.3) is 0 Å².